The number of rotatable bonds is 2. The monoisotopic (exact) mass is 388 g/mol. The second-order valence-corrected chi connectivity index (χ2v) is 12.9. The van der Waals surface area contributed by atoms with Crippen molar-refractivity contribution in [3.05, 3.63) is 12.2 Å². The van der Waals surface area contributed by atoms with E-state index < -0.39 is 10.1 Å². The lowest BCUT2D eigenvalue weighted by Gasteiger charge is -2.48. The summed E-state index contributed by atoms with van der Waals surface area (Å²) in [5.41, 5.74) is 0. The van der Waals surface area contributed by atoms with Gasteiger partial charge in [0, 0.05) is 0 Å². The maximum Gasteiger partial charge on any atom is 0.264 e. The fourth-order valence-corrected chi connectivity index (χ4v) is 11.5. The van der Waals surface area contributed by atoms with Crippen LogP contribution >= 0.6 is 0 Å². The summed E-state index contributed by atoms with van der Waals surface area (Å²) >= 11 is 0. The number of hydrogen-bond acceptors (Lipinski definition) is 4. The molecule has 15 unspecified atom stereocenters. The standard InChI is InChI=1S/C22H28O4S/c1-27(23,24)26-14-6-10-5-11(14)18-17(10)21-19-12-7-13(20(19)22(18)25-21)16-9-3-2-8(4-9)15(12)16/h2-3,8-22H,4-7H2,1H3. The molecule has 0 spiro atoms. The molecule has 8 aliphatic rings. The zero-order valence-corrected chi connectivity index (χ0v) is 16.5. The van der Waals surface area contributed by atoms with Gasteiger partial charge in [-0.05, 0) is 96.7 Å². The van der Waals surface area contributed by atoms with Crippen LogP contribution in [0.5, 0.6) is 0 Å². The normalized spacial score (nSPS) is 68.1. The second-order valence-electron chi connectivity index (χ2n) is 11.3. The van der Waals surface area contributed by atoms with Crippen molar-refractivity contribution in [2.75, 3.05) is 6.26 Å². The molecular weight excluding hydrogens is 360 g/mol. The summed E-state index contributed by atoms with van der Waals surface area (Å²) in [5.74, 6) is 9.36. The summed E-state index contributed by atoms with van der Waals surface area (Å²) in [6.45, 7) is 0. The summed E-state index contributed by atoms with van der Waals surface area (Å²) in [6.07, 6.45) is 12.1. The first-order valence-corrected chi connectivity index (χ1v) is 13.0. The van der Waals surface area contributed by atoms with Crippen LogP contribution < -0.4 is 0 Å². The van der Waals surface area contributed by atoms with Crippen LogP contribution in [-0.4, -0.2) is 33.0 Å². The summed E-state index contributed by atoms with van der Waals surface area (Å²) in [6, 6.07) is 0. The highest BCUT2D eigenvalue weighted by Gasteiger charge is 2.77. The Morgan fingerprint density at radius 2 is 1.41 bits per heavy atom. The second kappa shape index (κ2) is 4.52. The highest BCUT2D eigenvalue weighted by Crippen LogP contribution is 2.77. The van der Waals surface area contributed by atoms with Gasteiger partial charge in [0.2, 0.25) is 0 Å². The van der Waals surface area contributed by atoms with Crippen LogP contribution in [0.1, 0.15) is 25.7 Å². The Labute approximate surface area is 161 Å². The topological polar surface area (TPSA) is 52.6 Å². The lowest BCUT2D eigenvalue weighted by Crippen LogP contribution is -2.51. The molecule has 5 heteroatoms. The van der Waals surface area contributed by atoms with Gasteiger partial charge >= 0.3 is 0 Å². The van der Waals surface area contributed by atoms with Crippen molar-refractivity contribution in [2.45, 2.75) is 44.0 Å². The molecule has 0 aromatic heterocycles. The van der Waals surface area contributed by atoms with Gasteiger partial charge in [-0.2, -0.15) is 8.42 Å². The van der Waals surface area contributed by atoms with Crippen LogP contribution in [0.2, 0.25) is 0 Å². The van der Waals surface area contributed by atoms with Gasteiger partial charge in [0.1, 0.15) is 0 Å². The van der Waals surface area contributed by atoms with Gasteiger partial charge in [0.15, 0.2) is 0 Å². The minimum atomic E-state index is -3.36. The molecule has 2 aliphatic heterocycles. The van der Waals surface area contributed by atoms with Crippen LogP contribution in [0, 0.1) is 71.0 Å². The molecule has 0 aromatic carbocycles. The smallest absolute Gasteiger partial charge is 0.264 e. The van der Waals surface area contributed by atoms with Crippen LogP contribution in [0.15, 0.2) is 12.2 Å². The molecule has 0 amide bonds. The molecule has 2 heterocycles. The fraction of sp³-hybridized carbons (Fsp3) is 0.909. The van der Waals surface area contributed by atoms with Crippen molar-refractivity contribution in [1.82, 2.24) is 0 Å². The van der Waals surface area contributed by atoms with Crippen molar-refractivity contribution >= 4 is 10.1 Å². The fourth-order valence-electron chi connectivity index (χ4n) is 10.8. The Morgan fingerprint density at radius 3 is 2.07 bits per heavy atom. The minimum absolute atomic E-state index is 0.0792. The number of hydrogen-bond donors (Lipinski definition) is 0. The molecule has 0 N–H and O–H groups in total. The average Bonchev–Trinajstić information content (AvgIpc) is 3.43. The molecule has 2 saturated heterocycles. The molecule has 27 heavy (non-hydrogen) atoms. The Hall–Kier alpha value is -0.390. The Morgan fingerprint density at radius 1 is 0.778 bits per heavy atom. The van der Waals surface area contributed by atoms with Crippen LogP contribution in [0.3, 0.4) is 0 Å². The first-order chi connectivity index (χ1) is 13.0. The molecule has 8 bridgehead atoms. The third-order valence-electron chi connectivity index (χ3n) is 10.8. The number of ether oxygens (including phenoxy) is 1. The molecule has 5 saturated carbocycles. The Kier molecular flexibility index (Phi) is 2.58. The highest BCUT2D eigenvalue weighted by molar-refractivity contribution is 7.86. The van der Waals surface area contributed by atoms with E-state index in [0.29, 0.717) is 35.9 Å². The Bertz CT molecular complexity index is 866. The Balaban J connectivity index is 1.15. The summed E-state index contributed by atoms with van der Waals surface area (Å²) in [7, 11) is -3.36. The minimum Gasteiger partial charge on any atom is -0.374 e. The molecular formula is C22H28O4S. The zero-order chi connectivity index (χ0) is 17.8. The quantitative estimate of drug-likeness (QED) is 0.415. The van der Waals surface area contributed by atoms with E-state index >= 15 is 0 Å². The summed E-state index contributed by atoms with van der Waals surface area (Å²) in [4.78, 5) is 0. The predicted molar refractivity (Wildman–Crippen MR) is 97.9 cm³/mol. The van der Waals surface area contributed by atoms with Crippen molar-refractivity contribution < 1.29 is 17.3 Å². The molecule has 4 nitrogen and oxygen atoms in total. The lowest BCUT2D eigenvalue weighted by atomic mass is 9.55. The average molecular weight is 389 g/mol. The molecule has 6 aliphatic carbocycles. The van der Waals surface area contributed by atoms with Crippen LogP contribution in [-0.2, 0) is 19.0 Å². The van der Waals surface area contributed by atoms with Gasteiger partial charge in [-0.25, -0.2) is 0 Å². The molecule has 15 atom stereocenters. The number of allylic oxidation sites excluding steroid dienone is 2. The van der Waals surface area contributed by atoms with Crippen molar-refractivity contribution in [3.8, 4) is 0 Å². The molecule has 0 radical (unpaired) electrons. The van der Waals surface area contributed by atoms with Gasteiger partial charge in [-0.3, -0.25) is 4.18 Å². The van der Waals surface area contributed by atoms with Gasteiger partial charge in [-0.1, -0.05) is 12.2 Å². The highest BCUT2D eigenvalue weighted by atomic mass is 32.2. The first kappa shape index (κ1) is 15.4. The summed E-state index contributed by atoms with van der Waals surface area (Å²) in [5, 5.41) is 0. The van der Waals surface area contributed by atoms with Crippen molar-refractivity contribution in [1.29, 1.82) is 0 Å². The molecule has 146 valence electrons. The molecule has 7 fully saturated rings. The van der Waals surface area contributed by atoms with E-state index in [4.69, 9.17) is 8.92 Å². The molecule has 0 aromatic rings. The van der Waals surface area contributed by atoms with E-state index in [1.165, 1.54) is 25.5 Å². The summed E-state index contributed by atoms with van der Waals surface area (Å²) < 4.78 is 35.8. The number of fused-ring (bicyclic) bond motifs is 23. The van der Waals surface area contributed by atoms with E-state index in [-0.39, 0.29) is 6.10 Å². The maximum atomic E-state index is 11.7. The van der Waals surface area contributed by atoms with Crippen LogP contribution in [0.25, 0.3) is 0 Å². The predicted octanol–water partition coefficient (Wildman–Crippen LogP) is 2.70. The van der Waals surface area contributed by atoms with Gasteiger partial charge in [0.25, 0.3) is 10.1 Å². The van der Waals surface area contributed by atoms with E-state index in [9.17, 15) is 8.42 Å². The third-order valence-corrected chi connectivity index (χ3v) is 11.3. The largest absolute Gasteiger partial charge is 0.374 e. The maximum absolute atomic E-state index is 11.7. The molecule has 8 rings (SSSR count). The lowest BCUT2D eigenvalue weighted by molar-refractivity contribution is -0.00473. The van der Waals surface area contributed by atoms with E-state index in [1.807, 2.05) is 0 Å². The first-order valence-electron chi connectivity index (χ1n) is 11.2. The third kappa shape index (κ3) is 1.63. The van der Waals surface area contributed by atoms with Crippen LogP contribution in [0.4, 0.5) is 0 Å². The van der Waals surface area contributed by atoms with E-state index in [1.54, 1.807) is 0 Å². The zero-order valence-electron chi connectivity index (χ0n) is 15.7. The van der Waals surface area contributed by atoms with Crippen molar-refractivity contribution in [3.63, 3.8) is 0 Å². The van der Waals surface area contributed by atoms with Gasteiger partial charge in [-0.15, -0.1) is 0 Å². The van der Waals surface area contributed by atoms with E-state index in [0.717, 1.165) is 53.8 Å². The van der Waals surface area contributed by atoms with Gasteiger partial charge < -0.3 is 4.74 Å². The van der Waals surface area contributed by atoms with Crippen molar-refractivity contribution in [2.24, 2.45) is 71.0 Å². The van der Waals surface area contributed by atoms with Gasteiger partial charge in [0.05, 0.1) is 24.6 Å². The SMILES string of the molecule is CS(=O)(=O)OC1CC2CC1C1C3OC(C21)C1C2CC(C4C5C=CC(C5)C24)C31. The van der Waals surface area contributed by atoms with E-state index in [2.05, 4.69) is 12.2 Å².